The summed E-state index contributed by atoms with van der Waals surface area (Å²) in [4.78, 5) is 25.2. The average Bonchev–Trinajstić information content (AvgIpc) is 2.83. The highest BCUT2D eigenvalue weighted by molar-refractivity contribution is 5.95. The molecule has 25 heavy (non-hydrogen) atoms. The molecule has 1 aromatic carbocycles. The Kier molecular flexibility index (Phi) is 4.78. The van der Waals surface area contributed by atoms with Crippen molar-refractivity contribution in [3.05, 3.63) is 12.1 Å². The summed E-state index contributed by atoms with van der Waals surface area (Å²) < 4.78 is 0. The summed E-state index contributed by atoms with van der Waals surface area (Å²) >= 11 is 0. The monoisotopic (exact) mass is 343 g/mol. The van der Waals surface area contributed by atoms with Gasteiger partial charge < -0.3 is 27.0 Å². The number of hydrogen-bond donors (Lipinski definition) is 3. The lowest BCUT2D eigenvalue weighted by Crippen LogP contribution is -2.35. The first-order chi connectivity index (χ1) is 12.0. The number of nitrogens with zero attached hydrogens (tertiary/aromatic N) is 4. The fraction of sp³-hybridized carbons (Fsp3) is 0.471. The van der Waals surface area contributed by atoms with Gasteiger partial charge in [0.2, 0.25) is 11.9 Å². The Balaban J connectivity index is 1.84. The number of carbonyl (C=O) groups excluding carboxylic acids is 1. The molecule has 0 aliphatic carbocycles. The van der Waals surface area contributed by atoms with Crippen LogP contribution in [0.15, 0.2) is 12.1 Å². The zero-order valence-corrected chi connectivity index (χ0v) is 14.5. The molecule has 0 bridgehead atoms. The first-order valence-corrected chi connectivity index (χ1v) is 8.64. The fourth-order valence-corrected chi connectivity index (χ4v) is 3.10. The highest BCUT2D eigenvalue weighted by Gasteiger charge is 2.21. The molecule has 0 saturated carbocycles. The lowest BCUT2D eigenvalue weighted by molar-refractivity contribution is -0.131. The molecule has 1 saturated heterocycles. The van der Waals surface area contributed by atoms with Gasteiger partial charge in [0.15, 0.2) is 0 Å². The summed E-state index contributed by atoms with van der Waals surface area (Å²) in [5.41, 5.74) is 19.4. The van der Waals surface area contributed by atoms with Gasteiger partial charge >= 0.3 is 0 Å². The topological polar surface area (TPSA) is 127 Å². The molecular weight excluding hydrogens is 318 g/mol. The van der Waals surface area contributed by atoms with Gasteiger partial charge in [0.05, 0.1) is 16.9 Å². The zero-order chi connectivity index (χ0) is 18.0. The smallest absolute Gasteiger partial charge is 0.227 e. The molecule has 6 N–H and O–H groups in total. The van der Waals surface area contributed by atoms with Crippen LogP contribution in [0.1, 0.15) is 26.2 Å². The van der Waals surface area contributed by atoms with Crippen LogP contribution in [0.5, 0.6) is 0 Å². The second-order valence-corrected chi connectivity index (χ2v) is 6.38. The van der Waals surface area contributed by atoms with Crippen LogP contribution in [0.25, 0.3) is 10.9 Å². The predicted molar refractivity (Wildman–Crippen MR) is 101 cm³/mol. The Morgan fingerprint density at radius 3 is 2.60 bits per heavy atom. The number of anilines is 4. The van der Waals surface area contributed by atoms with E-state index in [0.717, 1.165) is 25.9 Å². The first kappa shape index (κ1) is 17.1. The molecule has 2 aromatic rings. The largest absolute Gasteiger partial charge is 0.397 e. The summed E-state index contributed by atoms with van der Waals surface area (Å²) in [7, 11) is 0. The van der Waals surface area contributed by atoms with Gasteiger partial charge in [-0.1, -0.05) is 6.92 Å². The Morgan fingerprint density at radius 1 is 1.08 bits per heavy atom. The van der Waals surface area contributed by atoms with Gasteiger partial charge in [-0.2, -0.15) is 4.98 Å². The minimum Gasteiger partial charge on any atom is -0.397 e. The molecular formula is C17H25N7O. The summed E-state index contributed by atoms with van der Waals surface area (Å²) in [6, 6.07) is 3.43. The van der Waals surface area contributed by atoms with Crippen molar-refractivity contribution in [2.24, 2.45) is 0 Å². The number of aromatic nitrogens is 2. The minimum absolute atomic E-state index is 0.214. The normalized spacial score (nSPS) is 15.4. The Labute approximate surface area is 147 Å². The van der Waals surface area contributed by atoms with Gasteiger partial charge in [-0.05, 0) is 25.0 Å². The molecule has 8 heteroatoms. The fourth-order valence-electron chi connectivity index (χ4n) is 3.10. The first-order valence-electron chi connectivity index (χ1n) is 8.64. The van der Waals surface area contributed by atoms with Crippen LogP contribution in [0, 0.1) is 0 Å². The van der Waals surface area contributed by atoms with Crippen molar-refractivity contribution < 1.29 is 4.79 Å². The summed E-state index contributed by atoms with van der Waals surface area (Å²) in [6.45, 7) is 4.92. The lowest BCUT2D eigenvalue weighted by atomic mass is 10.2. The number of carbonyl (C=O) groups is 1. The van der Waals surface area contributed by atoms with E-state index < -0.39 is 0 Å². The SMILES string of the molecule is CCCC(=O)N1CCCN(c2nc(N)c3cc(N)c(N)cc3n2)CC1. The Bertz CT molecular complexity index is 792. The van der Waals surface area contributed by atoms with Crippen molar-refractivity contribution in [2.75, 3.05) is 48.3 Å². The van der Waals surface area contributed by atoms with E-state index in [1.807, 2.05) is 11.8 Å². The van der Waals surface area contributed by atoms with Crippen LogP contribution in [-0.4, -0.2) is 47.0 Å². The number of fused-ring (bicyclic) bond motifs is 1. The van der Waals surface area contributed by atoms with Crippen LogP contribution in [-0.2, 0) is 4.79 Å². The molecule has 3 rings (SSSR count). The van der Waals surface area contributed by atoms with Gasteiger partial charge in [0.1, 0.15) is 5.82 Å². The highest BCUT2D eigenvalue weighted by atomic mass is 16.2. The molecule has 1 fully saturated rings. The molecule has 1 aliphatic heterocycles. The van der Waals surface area contributed by atoms with Crippen LogP contribution in [0.3, 0.4) is 0 Å². The molecule has 1 amide bonds. The maximum Gasteiger partial charge on any atom is 0.227 e. The Hall–Kier alpha value is -2.77. The van der Waals surface area contributed by atoms with Gasteiger partial charge in [-0.15, -0.1) is 0 Å². The summed E-state index contributed by atoms with van der Waals surface area (Å²) in [5, 5.41) is 0.699. The van der Waals surface area contributed by atoms with Crippen LogP contribution >= 0.6 is 0 Å². The molecule has 0 spiro atoms. The molecule has 0 atom stereocenters. The third-order valence-corrected chi connectivity index (χ3v) is 4.51. The molecule has 8 nitrogen and oxygen atoms in total. The van der Waals surface area contributed by atoms with Gasteiger partial charge in [0.25, 0.3) is 0 Å². The van der Waals surface area contributed by atoms with E-state index in [2.05, 4.69) is 14.9 Å². The van der Waals surface area contributed by atoms with Crippen molar-refractivity contribution in [2.45, 2.75) is 26.2 Å². The second kappa shape index (κ2) is 7.00. The van der Waals surface area contributed by atoms with Gasteiger partial charge in [-0.3, -0.25) is 4.79 Å². The minimum atomic E-state index is 0.214. The average molecular weight is 343 g/mol. The van der Waals surface area contributed by atoms with Crippen LogP contribution in [0.4, 0.5) is 23.1 Å². The van der Waals surface area contributed by atoms with Crippen molar-refractivity contribution in [3.63, 3.8) is 0 Å². The van der Waals surface area contributed by atoms with Crippen LogP contribution in [0.2, 0.25) is 0 Å². The third kappa shape index (κ3) is 3.52. The maximum atomic E-state index is 12.1. The second-order valence-electron chi connectivity index (χ2n) is 6.38. The van der Waals surface area contributed by atoms with Crippen molar-refractivity contribution in [1.82, 2.24) is 14.9 Å². The summed E-state index contributed by atoms with van der Waals surface area (Å²) in [6.07, 6.45) is 2.34. The molecule has 0 radical (unpaired) electrons. The third-order valence-electron chi connectivity index (χ3n) is 4.51. The predicted octanol–water partition coefficient (Wildman–Crippen LogP) is 1.22. The number of rotatable bonds is 3. The van der Waals surface area contributed by atoms with Crippen molar-refractivity contribution in [1.29, 1.82) is 0 Å². The lowest BCUT2D eigenvalue weighted by Gasteiger charge is -2.22. The van der Waals surface area contributed by atoms with E-state index in [1.165, 1.54) is 0 Å². The maximum absolute atomic E-state index is 12.1. The molecule has 1 aromatic heterocycles. The standard InChI is InChI=1S/C17H25N7O/c1-2-4-15(25)23-5-3-6-24(8-7-23)17-21-14-10-13(19)12(18)9-11(14)16(20)22-17/h9-10H,2-8,18-19H2,1H3,(H2,20,21,22). The molecule has 0 unspecified atom stereocenters. The summed E-state index contributed by atoms with van der Waals surface area (Å²) in [5.74, 6) is 1.17. The van der Waals surface area contributed by atoms with E-state index >= 15 is 0 Å². The number of hydrogen-bond acceptors (Lipinski definition) is 7. The number of benzene rings is 1. The van der Waals surface area contributed by atoms with E-state index in [-0.39, 0.29) is 5.91 Å². The van der Waals surface area contributed by atoms with Crippen molar-refractivity contribution in [3.8, 4) is 0 Å². The highest BCUT2D eigenvalue weighted by Crippen LogP contribution is 2.27. The number of nitrogens with two attached hydrogens (primary N) is 3. The van der Waals surface area contributed by atoms with Gasteiger partial charge in [-0.25, -0.2) is 4.98 Å². The number of nitrogen functional groups attached to an aromatic ring is 3. The Morgan fingerprint density at radius 2 is 1.84 bits per heavy atom. The van der Waals surface area contributed by atoms with Crippen molar-refractivity contribution >= 4 is 40.0 Å². The van der Waals surface area contributed by atoms with Crippen LogP contribution < -0.4 is 22.1 Å². The van der Waals surface area contributed by atoms with E-state index in [1.54, 1.807) is 12.1 Å². The molecule has 134 valence electrons. The quantitative estimate of drug-likeness (QED) is 0.715. The van der Waals surface area contributed by atoms with E-state index in [9.17, 15) is 4.79 Å². The van der Waals surface area contributed by atoms with E-state index in [4.69, 9.17) is 17.2 Å². The zero-order valence-electron chi connectivity index (χ0n) is 14.5. The van der Waals surface area contributed by atoms with Gasteiger partial charge in [0, 0.05) is 38.0 Å². The molecule has 1 aliphatic rings. The van der Waals surface area contributed by atoms with E-state index in [0.29, 0.717) is 53.6 Å². The number of amides is 1. The molecule has 2 heterocycles.